The third kappa shape index (κ3) is 3.04. The highest BCUT2D eigenvalue weighted by Gasteiger charge is 2.23. The van der Waals surface area contributed by atoms with Crippen LogP contribution in [0.2, 0.25) is 0 Å². The molecule has 1 aliphatic rings. The number of nitrogens with two attached hydrogens (primary N) is 1. The van der Waals surface area contributed by atoms with E-state index in [9.17, 15) is 4.79 Å². The normalized spacial score (nSPS) is 15.1. The number of nitrogens with zero attached hydrogens (tertiary/aromatic N) is 3. The number of carboxylic acids is 1. The molecule has 0 radical (unpaired) electrons. The number of aromatic nitrogens is 2. The van der Waals surface area contributed by atoms with Gasteiger partial charge >= 0.3 is 5.97 Å². The Hall–Kier alpha value is -2.54. The molecule has 0 bridgehead atoms. The molecule has 4 N–H and O–H groups in total. The summed E-state index contributed by atoms with van der Waals surface area (Å²) >= 11 is 0. The summed E-state index contributed by atoms with van der Waals surface area (Å²) in [4.78, 5) is 15.4. The van der Waals surface area contributed by atoms with Crippen molar-refractivity contribution in [3.05, 3.63) is 47.7 Å². The molecule has 3 rings (SSSR count). The second-order valence-electron chi connectivity index (χ2n) is 5.50. The molecular weight excluding hydrogens is 282 g/mol. The fourth-order valence-electron chi connectivity index (χ4n) is 2.42. The molecule has 1 aliphatic carbocycles. The minimum Gasteiger partial charge on any atom is -0.477 e. The van der Waals surface area contributed by atoms with Crippen molar-refractivity contribution in [2.75, 3.05) is 7.05 Å². The minimum atomic E-state index is -1.05. The summed E-state index contributed by atoms with van der Waals surface area (Å²) in [6.45, 7) is 0.332. The summed E-state index contributed by atoms with van der Waals surface area (Å²) in [6, 6.07) is 4.12. The van der Waals surface area contributed by atoms with Crippen LogP contribution in [0.25, 0.3) is 5.65 Å². The monoisotopic (exact) mass is 301 g/mol. The number of carboxylic acid groups (broad SMARTS) is 1. The van der Waals surface area contributed by atoms with Gasteiger partial charge in [-0.15, -0.1) is 0 Å². The maximum Gasteiger partial charge on any atom is 0.353 e. The zero-order chi connectivity index (χ0) is 15.7. The van der Waals surface area contributed by atoms with Gasteiger partial charge in [0.15, 0.2) is 0 Å². The number of nitrogens with one attached hydrogen (secondary N) is 1. The molecule has 2 aromatic heterocycles. The minimum absolute atomic E-state index is 0.0299. The lowest BCUT2D eigenvalue weighted by molar-refractivity contribution is -0.133. The zero-order valence-corrected chi connectivity index (χ0v) is 12.4. The highest BCUT2D eigenvalue weighted by molar-refractivity contribution is 5.85. The van der Waals surface area contributed by atoms with Gasteiger partial charge in [0.2, 0.25) is 0 Å². The molecule has 0 aliphatic heterocycles. The number of likely N-dealkylation sites (N-methyl/N-ethyl adjacent to an activating group) is 1. The van der Waals surface area contributed by atoms with Gasteiger partial charge in [-0.3, -0.25) is 0 Å². The third-order valence-corrected chi connectivity index (χ3v) is 3.71. The number of pyridine rings is 1. The van der Waals surface area contributed by atoms with E-state index in [0.29, 0.717) is 12.5 Å². The molecule has 116 valence electrons. The molecule has 1 fully saturated rings. The van der Waals surface area contributed by atoms with Crippen molar-refractivity contribution in [2.24, 2.45) is 5.84 Å². The maximum atomic E-state index is 10.9. The number of aliphatic carboxylic acids is 1. The van der Waals surface area contributed by atoms with Crippen LogP contribution in [0.1, 0.15) is 30.0 Å². The molecule has 0 spiro atoms. The van der Waals surface area contributed by atoms with Gasteiger partial charge in [-0.05, 0) is 30.4 Å². The third-order valence-electron chi connectivity index (χ3n) is 3.71. The summed E-state index contributed by atoms with van der Waals surface area (Å²) in [7, 11) is 1.54. The number of hydrogen-bond acceptors (Lipinski definition) is 5. The Morgan fingerprint density at radius 3 is 2.95 bits per heavy atom. The van der Waals surface area contributed by atoms with Crippen molar-refractivity contribution in [1.82, 2.24) is 19.7 Å². The van der Waals surface area contributed by atoms with E-state index in [1.165, 1.54) is 36.7 Å². The fraction of sp³-hybridized carbons (Fsp3) is 0.333. The number of hydrogen-bond donors (Lipinski definition) is 3. The van der Waals surface area contributed by atoms with E-state index in [1.54, 1.807) is 0 Å². The van der Waals surface area contributed by atoms with Gasteiger partial charge in [-0.25, -0.2) is 15.6 Å². The van der Waals surface area contributed by atoms with Crippen molar-refractivity contribution >= 4 is 11.6 Å². The first-order chi connectivity index (χ1) is 10.6. The van der Waals surface area contributed by atoms with Crippen molar-refractivity contribution in [3.8, 4) is 0 Å². The standard InChI is InChI=1S/C15H19N5O2/c1-17-13(15(21)22)9-20(16)8-12-7-19-6-11(10-2-3-10)4-5-14(19)18-12/h4-7,9-10,17H,2-3,8,16H2,1H3,(H,21,22)/b13-9-. The Morgan fingerprint density at radius 2 is 2.32 bits per heavy atom. The van der Waals surface area contributed by atoms with Gasteiger partial charge in [0.05, 0.1) is 12.2 Å². The zero-order valence-electron chi connectivity index (χ0n) is 12.4. The van der Waals surface area contributed by atoms with Crippen LogP contribution in [0.3, 0.4) is 0 Å². The summed E-state index contributed by atoms with van der Waals surface area (Å²) < 4.78 is 2.00. The topological polar surface area (TPSA) is 95.9 Å². The lowest BCUT2D eigenvalue weighted by atomic mass is 10.2. The number of carbonyl (C=O) groups is 1. The van der Waals surface area contributed by atoms with E-state index in [0.717, 1.165) is 11.3 Å². The fourth-order valence-corrected chi connectivity index (χ4v) is 2.42. The quantitative estimate of drug-likeness (QED) is 0.419. The van der Waals surface area contributed by atoms with Gasteiger partial charge in [0.25, 0.3) is 0 Å². The van der Waals surface area contributed by atoms with Gasteiger partial charge in [-0.1, -0.05) is 6.07 Å². The lowest BCUT2D eigenvalue weighted by Gasteiger charge is -2.13. The average Bonchev–Trinajstić information content (AvgIpc) is 3.24. The highest BCUT2D eigenvalue weighted by Crippen LogP contribution is 2.39. The van der Waals surface area contributed by atoms with Crippen molar-refractivity contribution in [2.45, 2.75) is 25.3 Å². The van der Waals surface area contributed by atoms with E-state index in [-0.39, 0.29) is 5.70 Å². The maximum absolute atomic E-state index is 10.9. The van der Waals surface area contributed by atoms with E-state index < -0.39 is 5.97 Å². The SMILES string of the molecule is CN/C(=C\N(N)Cc1cn2cc(C3CC3)ccc2n1)C(=O)O. The van der Waals surface area contributed by atoms with Crippen LogP contribution in [-0.2, 0) is 11.3 Å². The van der Waals surface area contributed by atoms with Gasteiger partial charge in [-0.2, -0.15) is 0 Å². The first-order valence-electron chi connectivity index (χ1n) is 7.18. The largest absolute Gasteiger partial charge is 0.477 e. The Labute approximate surface area is 128 Å². The first-order valence-corrected chi connectivity index (χ1v) is 7.18. The summed E-state index contributed by atoms with van der Waals surface area (Å²) in [5.74, 6) is 5.47. The number of imidazole rings is 1. The first kappa shape index (κ1) is 14.4. The highest BCUT2D eigenvalue weighted by atomic mass is 16.4. The van der Waals surface area contributed by atoms with Crippen LogP contribution in [0, 0.1) is 0 Å². The lowest BCUT2D eigenvalue weighted by Crippen LogP contribution is -2.28. The molecular formula is C15H19N5O2. The Morgan fingerprint density at radius 1 is 1.55 bits per heavy atom. The Kier molecular flexibility index (Phi) is 3.72. The van der Waals surface area contributed by atoms with Crippen molar-refractivity contribution in [1.29, 1.82) is 0 Å². The second kappa shape index (κ2) is 5.69. The molecule has 0 atom stereocenters. The Bertz CT molecular complexity index is 733. The number of hydrazine groups is 1. The molecule has 7 nitrogen and oxygen atoms in total. The van der Waals surface area contributed by atoms with Crippen LogP contribution < -0.4 is 11.2 Å². The molecule has 22 heavy (non-hydrogen) atoms. The predicted molar refractivity (Wildman–Crippen MR) is 81.7 cm³/mol. The molecule has 0 amide bonds. The van der Waals surface area contributed by atoms with Crippen LogP contribution in [0.4, 0.5) is 0 Å². The second-order valence-corrected chi connectivity index (χ2v) is 5.50. The predicted octanol–water partition coefficient (Wildman–Crippen LogP) is 1.03. The summed E-state index contributed by atoms with van der Waals surface area (Å²) in [5, 5.41) is 12.9. The average molecular weight is 301 g/mol. The van der Waals surface area contributed by atoms with Crippen LogP contribution in [-0.4, -0.2) is 32.5 Å². The van der Waals surface area contributed by atoms with Crippen molar-refractivity contribution < 1.29 is 9.90 Å². The Balaban J connectivity index is 1.77. The van der Waals surface area contributed by atoms with E-state index >= 15 is 0 Å². The molecule has 7 heteroatoms. The molecule has 1 saturated carbocycles. The molecule has 0 saturated heterocycles. The smallest absolute Gasteiger partial charge is 0.353 e. The molecule has 2 aromatic rings. The molecule has 2 heterocycles. The number of rotatable bonds is 6. The van der Waals surface area contributed by atoms with Crippen LogP contribution in [0.15, 0.2) is 36.4 Å². The van der Waals surface area contributed by atoms with Crippen LogP contribution in [0.5, 0.6) is 0 Å². The molecule has 0 unspecified atom stereocenters. The van der Waals surface area contributed by atoms with E-state index in [4.69, 9.17) is 10.9 Å². The summed E-state index contributed by atoms with van der Waals surface area (Å²) in [6.07, 6.45) is 7.90. The van der Waals surface area contributed by atoms with Gasteiger partial charge in [0.1, 0.15) is 11.3 Å². The van der Waals surface area contributed by atoms with E-state index in [1.807, 2.05) is 16.7 Å². The van der Waals surface area contributed by atoms with Gasteiger partial charge in [0, 0.05) is 25.6 Å². The number of fused-ring (bicyclic) bond motifs is 1. The van der Waals surface area contributed by atoms with E-state index in [2.05, 4.69) is 22.6 Å². The summed E-state index contributed by atoms with van der Waals surface area (Å²) in [5.41, 5.74) is 3.02. The van der Waals surface area contributed by atoms with Gasteiger partial charge < -0.3 is 19.8 Å². The van der Waals surface area contributed by atoms with Crippen LogP contribution >= 0.6 is 0 Å². The van der Waals surface area contributed by atoms with Crippen molar-refractivity contribution in [3.63, 3.8) is 0 Å². The molecule has 0 aromatic carbocycles.